The first-order valence-electron chi connectivity index (χ1n) is 11.8. The Morgan fingerprint density at radius 1 is 1.28 bits per heavy atom. The van der Waals surface area contributed by atoms with E-state index in [1.54, 1.807) is 0 Å². The zero-order chi connectivity index (χ0) is 21.4. The van der Waals surface area contributed by atoms with Crippen LogP contribution in [0.4, 0.5) is 17.6 Å². The summed E-state index contributed by atoms with van der Waals surface area (Å²) in [6.07, 6.45) is 7.25. The summed E-state index contributed by atoms with van der Waals surface area (Å²) in [5.41, 5.74) is 1.39. The van der Waals surface area contributed by atoms with Crippen molar-refractivity contribution in [3.8, 4) is 0 Å². The van der Waals surface area contributed by atoms with E-state index in [4.69, 9.17) is 14.7 Å². The van der Waals surface area contributed by atoms with E-state index in [0.717, 1.165) is 60.7 Å². The van der Waals surface area contributed by atoms with E-state index < -0.39 is 5.60 Å². The lowest BCUT2D eigenvalue weighted by molar-refractivity contribution is 0.00988. The normalized spacial score (nSPS) is 35.2. The summed E-state index contributed by atoms with van der Waals surface area (Å²) in [6, 6.07) is 4.55. The molecule has 9 nitrogen and oxygen atoms in total. The fourth-order valence-electron chi connectivity index (χ4n) is 6.98. The molecule has 6 unspecified atom stereocenters. The minimum Gasteiger partial charge on any atom is -0.389 e. The molecule has 1 aliphatic heterocycles. The number of aromatic amines is 1. The summed E-state index contributed by atoms with van der Waals surface area (Å²) >= 11 is 0. The molecule has 32 heavy (non-hydrogen) atoms. The van der Waals surface area contributed by atoms with Gasteiger partial charge in [-0.15, -0.1) is 0 Å². The molecule has 4 aliphatic carbocycles. The molecule has 1 saturated heterocycles. The molecule has 4 N–H and O–H groups in total. The first kappa shape index (κ1) is 18.9. The lowest BCUT2D eigenvalue weighted by Crippen LogP contribution is -2.37. The van der Waals surface area contributed by atoms with E-state index in [1.807, 2.05) is 13.0 Å². The molecule has 168 valence electrons. The van der Waals surface area contributed by atoms with Crippen LogP contribution in [0, 0.1) is 24.7 Å². The molecule has 4 saturated carbocycles. The number of aryl methyl sites for hydroxylation is 1. The molecule has 9 heteroatoms. The summed E-state index contributed by atoms with van der Waals surface area (Å²) in [5, 5.41) is 26.5. The predicted octanol–water partition coefficient (Wildman–Crippen LogP) is 3.13. The van der Waals surface area contributed by atoms with Crippen LogP contribution in [0.5, 0.6) is 0 Å². The van der Waals surface area contributed by atoms with Crippen molar-refractivity contribution in [2.45, 2.75) is 56.7 Å². The number of nitrogens with zero attached hydrogens (tertiary/aromatic N) is 4. The van der Waals surface area contributed by atoms with Gasteiger partial charge >= 0.3 is 0 Å². The van der Waals surface area contributed by atoms with E-state index in [2.05, 4.69) is 37.7 Å². The minimum absolute atomic E-state index is 0.231. The Bertz CT molecular complexity index is 1180. The molecule has 5 aliphatic rings. The Balaban J connectivity index is 1.28. The molecule has 8 rings (SSSR count). The third-order valence-corrected chi connectivity index (χ3v) is 8.23. The van der Waals surface area contributed by atoms with Gasteiger partial charge in [0.25, 0.3) is 0 Å². The maximum Gasteiger partial charge on any atom is 0.226 e. The molecule has 4 bridgehead atoms. The Morgan fingerprint density at radius 2 is 2.22 bits per heavy atom. The zero-order valence-electron chi connectivity index (χ0n) is 18.2. The molecule has 0 amide bonds. The van der Waals surface area contributed by atoms with Gasteiger partial charge in [0.05, 0.1) is 23.6 Å². The first-order chi connectivity index (χ1) is 15.6. The number of aliphatic hydroxyl groups is 1. The van der Waals surface area contributed by atoms with E-state index >= 15 is 0 Å². The van der Waals surface area contributed by atoms with Crippen molar-refractivity contribution in [1.29, 1.82) is 0 Å². The monoisotopic (exact) mass is 435 g/mol. The lowest BCUT2D eigenvalue weighted by Gasteiger charge is -2.32. The van der Waals surface area contributed by atoms with Gasteiger partial charge in [-0.1, -0.05) is 0 Å². The molecule has 0 radical (unpaired) electrons. The van der Waals surface area contributed by atoms with E-state index in [9.17, 15) is 5.11 Å². The molecule has 3 aromatic heterocycles. The number of ether oxygens (including phenoxy) is 1. The van der Waals surface area contributed by atoms with Crippen LogP contribution in [-0.2, 0) is 4.74 Å². The standard InChI is InChI=1S/C23H29N7O2/c1-12-6-18(29-28-12)24-20-16-2-4-30(15-3-5-32-11-15)21(16)27-22(26-20)25-19-14-7-13-8-17(19)23(31,9-13)10-14/h2,4,6,13-15,17,19,31H,3,5,7-11H2,1H3,(H3,24,25,26,27,28,29). The van der Waals surface area contributed by atoms with E-state index in [1.165, 1.54) is 6.42 Å². The van der Waals surface area contributed by atoms with Gasteiger partial charge in [-0.25, -0.2) is 0 Å². The fraction of sp³-hybridized carbons (Fsp3) is 0.609. The summed E-state index contributed by atoms with van der Waals surface area (Å²) < 4.78 is 7.86. The number of fused-ring (bicyclic) bond motifs is 1. The van der Waals surface area contributed by atoms with Gasteiger partial charge in [-0.3, -0.25) is 5.10 Å². The van der Waals surface area contributed by atoms with Gasteiger partial charge in [-0.05, 0) is 56.9 Å². The molecule has 0 aromatic carbocycles. The Morgan fingerprint density at radius 3 is 3.00 bits per heavy atom. The highest BCUT2D eigenvalue weighted by molar-refractivity contribution is 5.90. The number of aromatic nitrogens is 5. The maximum atomic E-state index is 11.1. The highest BCUT2D eigenvalue weighted by Gasteiger charge is 2.62. The number of hydrogen-bond acceptors (Lipinski definition) is 7. The van der Waals surface area contributed by atoms with Gasteiger partial charge in [0.2, 0.25) is 5.95 Å². The third-order valence-electron chi connectivity index (χ3n) is 8.23. The van der Waals surface area contributed by atoms with Crippen molar-refractivity contribution >= 4 is 28.6 Å². The first-order valence-corrected chi connectivity index (χ1v) is 11.8. The molecule has 4 heterocycles. The van der Waals surface area contributed by atoms with Crippen LogP contribution in [0.2, 0.25) is 0 Å². The van der Waals surface area contributed by atoms with Crippen LogP contribution in [0.15, 0.2) is 18.3 Å². The predicted molar refractivity (Wildman–Crippen MR) is 120 cm³/mol. The highest BCUT2D eigenvalue weighted by atomic mass is 16.5. The average molecular weight is 436 g/mol. The average Bonchev–Trinajstić information content (AvgIpc) is 3.54. The molecule has 0 spiro atoms. The van der Waals surface area contributed by atoms with Crippen LogP contribution >= 0.6 is 0 Å². The van der Waals surface area contributed by atoms with Crippen molar-refractivity contribution < 1.29 is 9.84 Å². The van der Waals surface area contributed by atoms with Crippen molar-refractivity contribution in [1.82, 2.24) is 24.7 Å². The van der Waals surface area contributed by atoms with Crippen molar-refractivity contribution in [2.24, 2.45) is 17.8 Å². The highest BCUT2D eigenvalue weighted by Crippen LogP contribution is 2.60. The summed E-state index contributed by atoms with van der Waals surface area (Å²) in [6.45, 7) is 3.47. The van der Waals surface area contributed by atoms with Crippen molar-refractivity contribution in [2.75, 3.05) is 23.8 Å². The Kier molecular flexibility index (Phi) is 3.94. The molecular weight excluding hydrogens is 406 g/mol. The Labute approximate surface area is 186 Å². The van der Waals surface area contributed by atoms with Crippen LogP contribution in [0.1, 0.15) is 43.8 Å². The van der Waals surface area contributed by atoms with Gasteiger partial charge in [-0.2, -0.15) is 15.1 Å². The topological polar surface area (TPSA) is 113 Å². The van der Waals surface area contributed by atoms with Crippen LogP contribution < -0.4 is 10.6 Å². The zero-order valence-corrected chi connectivity index (χ0v) is 18.2. The van der Waals surface area contributed by atoms with Crippen LogP contribution in [0.3, 0.4) is 0 Å². The smallest absolute Gasteiger partial charge is 0.226 e. The summed E-state index contributed by atoms with van der Waals surface area (Å²) in [4.78, 5) is 9.86. The van der Waals surface area contributed by atoms with Crippen molar-refractivity contribution in [3.63, 3.8) is 0 Å². The van der Waals surface area contributed by atoms with Gasteiger partial charge in [0.1, 0.15) is 11.5 Å². The summed E-state index contributed by atoms with van der Waals surface area (Å²) in [7, 11) is 0. The summed E-state index contributed by atoms with van der Waals surface area (Å²) in [5.74, 6) is 3.58. The number of anilines is 3. The quantitative estimate of drug-likeness (QED) is 0.487. The molecule has 5 fully saturated rings. The number of hydrogen-bond donors (Lipinski definition) is 4. The maximum absolute atomic E-state index is 11.1. The number of rotatable bonds is 5. The fourth-order valence-corrected chi connectivity index (χ4v) is 6.98. The second-order valence-corrected chi connectivity index (χ2v) is 10.3. The second-order valence-electron chi connectivity index (χ2n) is 10.3. The van der Waals surface area contributed by atoms with E-state index in [0.29, 0.717) is 30.3 Å². The van der Waals surface area contributed by atoms with Gasteiger partial charge in [0, 0.05) is 36.5 Å². The largest absolute Gasteiger partial charge is 0.389 e. The van der Waals surface area contributed by atoms with Gasteiger partial charge in [0.15, 0.2) is 5.82 Å². The van der Waals surface area contributed by atoms with Gasteiger partial charge < -0.3 is 25.0 Å². The lowest BCUT2D eigenvalue weighted by atomic mass is 9.79. The second kappa shape index (κ2) is 6.68. The molecule has 6 atom stereocenters. The van der Waals surface area contributed by atoms with Crippen LogP contribution in [0.25, 0.3) is 11.0 Å². The molecule has 3 aromatic rings. The van der Waals surface area contributed by atoms with Crippen molar-refractivity contribution in [3.05, 3.63) is 24.0 Å². The van der Waals surface area contributed by atoms with Crippen LogP contribution in [-0.4, -0.2) is 54.7 Å². The number of nitrogens with one attached hydrogen (secondary N) is 3. The Hall–Kier alpha value is -2.65. The molecular formula is C23H29N7O2. The van der Waals surface area contributed by atoms with E-state index in [-0.39, 0.29) is 12.1 Å². The SMILES string of the molecule is Cc1cc(Nc2nc(NC3C4CC5CC3C(O)(C5)C4)nc3c2ccn3C2CCOC2)n[nH]1. The number of H-pyrrole nitrogens is 1. The minimum atomic E-state index is -0.496. The third kappa shape index (κ3) is 2.80.